The summed E-state index contributed by atoms with van der Waals surface area (Å²) in [6.45, 7) is 5.52. The fourth-order valence-corrected chi connectivity index (χ4v) is 1.23. The summed E-state index contributed by atoms with van der Waals surface area (Å²) in [5, 5.41) is 3.28. The van der Waals surface area contributed by atoms with E-state index in [4.69, 9.17) is 10.3 Å². The predicted molar refractivity (Wildman–Crippen MR) is 60.8 cm³/mol. The summed E-state index contributed by atoms with van der Waals surface area (Å²) in [6.07, 6.45) is 0.246. The molecule has 0 radical (unpaired) electrons. The molecule has 0 aromatic heterocycles. The Hall–Kier alpha value is -1.71. The van der Waals surface area contributed by atoms with Crippen LogP contribution in [0.3, 0.4) is 0 Å². The van der Waals surface area contributed by atoms with Gasteiger partial charge in [-0.1, -0.05) is 12.1 Å². The summed E-state index contributed by atoms with van der Waals surface area (Å²) < 4.78 is 5.20. The number of nitrogens with one attached hydrogen (secondary N) is 1. The standard InChI is InChI=1S/C12H16N2O2/c1-12(2,3)16-11(15)8-9-4-6-10(14-13)7-5-9/h4-7,13H,8H2,1-3H3. The highest BCUT2D eigenvalue weighted by Crippen LogP contribution is 2.14. The minimum atomic E-state index is -0.451. The number of benzene rings is 1. The molecule has 4 nitrogen and oxygen atoms in total. The normalized spacial score (nSPS) is 10.9. The van der Waals surface area contributed by atoms with Gasteiger partial charge in [0.1, 0.15) is 5.60 Å². The van der Waals surface area contributed by atoms with Crippen molar-refractivity contribution in [3.63, 3.8) is 0 Å². The van der Waals surface area contributed by atoms with Gasteiger partial charge in [-0.15, -0.1) is 0 Å². The third kappa shape index (κ3) is 4.21. The molecule has 0 amide bonds. The molecule has 1 aromatic carbocycles. The Morgan fingerprint density at radius 3 is 2.31 bits per heavy atom. The van der Waals surface area contributed by atoms with Gasteiger partial charge in [-0.3, -0.25) is 4.79 Å². The maximum absolute atomic E-state index is 11.5. The molecule has 4 heteroatoms. The lowest BCUT2D eigenvalue weighted by atomic mass is 10.1. The molecule has 0 bridgehead atoms. The molecule has 0 aliphatic heterocycles. The van der Waals surface area contributed by atoms with Crippen molar-refractivity contribution in [3.8, 4) is 0 Å². The Labute approximate surface area is 95.1 Å². The van der Waals surface area contributed by atoms with Gasteiger partial charge in [0, 0.05) is 0 Å². The van der Waals surface area contributed by atoms with Gasteiger partial charge in [0.15, 0.2) is 0 Å². The number of hydrogen-bond acceptors (Lipinski definition) is 4. The highest BCUT2D eigenvalue weighted by Gasteiger charge is 2.16. The zero-order valence-corrected chi connectivity index (χ0v) is 9.78. The van der Waals surface area contributed by atoms with Gasteiger partial charge >= 0.3 is 5.97 Å². The van der Waals surface area contributed by atoms with Crippen LogP contribution in [0.1, 0.15) is 26.3 Å². The number of rotatable bonds is 3. The van der Waals surface area contributed by atoms with E-state index in [2.05, 4.69) is 5.11 Å². The molecule has 0 heterocycles. The minimum Gasteiger partial charge on any atom is -0.460 e. The van der Waals surface area contributed by atoms with Crippen LogP contribution in [0.4, 0.5) is 5.69 Å². The number of hydrogen-bond donors (Lipinski definition) is 1. The van der Waals surface area contributed by atoms with Crippen LogP contribution in [-0.2, 0) is 16.0 Å². The largest absolute Gasteiger partial charge is 0.460 e. The highest BCUT2D eigenvalue weighted by atomic mass is 16.6. The summed E-state index contributed by atoms with van der Waals surface area (Å²) in [4.78, 5) is 11.5. The molecule has 86 valence electrons. The van der Waals surface area contributed by atoms with Crippen LogP contribution in [0.2, 0.25) is 0 Å². The summed E-state index contributed by atoms with van der Waals surface area (Å²) in [5.41, 5.74) is 7.80. The summed E-state index contributed by atoms with van der Waals surface area (Å²) >= 11 is 0. The monoisotopic (exact) mass is 220 g/mol. The molecule has 0 saturated heterocycles. The molecule has 1 aromatic rings. The average molecular weight is 220 g/mol. The lowest BCUT2D eigenvalue weighted by molar-refractivity contribution is -0.153. The summed E-state index contributed by atoms with van der Waals surface area (Å²) in [7, 11) is 0. The van der Waals surface area contributed by atoms with E-state index in [1.807, 2.05) is 20.8 Å². The first-order valence-electron chi connectivity index (χ1n) is 5.09. The molecule has 0 spiro atoms. The first kappa shape index (κ1) is 12.4. The Balaban J connectivity index is 2.59. The van der Waals surface area contributed by atoms with E-state index in [1.54, 1.807) is 24.3 Å². The summed E-state index contributed by atoms with van der Waals surface area (Å²) in [6, 6.07) is 6.95. The van der Waals surface area contributed by atoms with Gasteiger partial charge in [-0.25, -0.2) is 5.53 Å². The van der Waals surface area contributed by atoms with Crippen molar-refractivity contribution in [1.29, 1.82) is 5.53 Å². The van der Waals surface area contributed by atoms with Gasteiger partial charge in [-0.2, -0.15) is 5.11 Å². The van der Waals surface area contributed by atoms with Crippen LogP contribution in [0.5, 0.6) is 0 Å². The molecule has 0 unspecified atom stereocenters. The van der Waals surface area contributed by atoms with Crippen molar-refractivity contribution in [2.24, 2.45) is 5.11 Å². The van der Waals surface area contributed by atoms with Crippen LogP contribution < -0.4 is 0 Å². The van der Waals surface area contributed by atoms with Crippen molar-refractivity contribution >= 4 is 11.7 Å². The molecule has 0 atom stereocenters. The number of ether oxygens (including phenoxy) is 1. The van der Waals surface area contributed by atoms with Crippen molar-refractivity contribution in [2.45, 2.75) is 32.8 Å². The fourth-order valence-electron chi connectivity index (χ4n) is 1.23. The Bertz CT molecular complexity index is 377. The topological polar surface area (TPSA) is 62.5 Å². The van der Waals surface area contributed by atoms with Crippen LogP contribution in [-0.4, -0.2) is 11.6 Å². The second-order valence-corrected chi connectivity index (χ2v) is 4.54. The second-order valence-electron chi connectivity index (χ2n) is 4.54. The fraction of sp³-hybridized carbons (Fsp3) is 0.417. The first-order valence-corrected chi connectivity index (χ1v) is 5.09. The van der Waals surface area contributed by atoms with Gasteiger partial charge < -0.3 is 4.74 Å². The van der Waals surface area contributed by atoms with Crippen molar-refractivity contribution in [1.82, 2.24) is 0 Å². The second kappa shape index (κ2) is 4.88. The minimum absolute atomic E-state index is 0.246. The molecular formula is C12H16N2O2. The SMILES string of the molecule is CC(C)(C)OC(=O)Cc1ccc(N=N)cc1. The van der Waals surface area contributed by atoms with E-state index in [1.165, 1.54) is 0 Å². The van der Waals surface area contributed by atoms with E-state index in [0.717, 1.165) is 5.56 Å². The molecule has 0 fully saturated rings. The quantitative estimate of drug-likeness (QED) is 0.627. The van der Waals surface area contributed by atoms with Gasteiger partial charge in [0.05, 0.1) is 12.1 Å². The van der Waals surface area contributed by atoms with Gasteiger partial charge in [0.25, 0.3) is 0 Å². The zero-order valence-electron chi connectivity index (χ0n) is 9.78. The molecular weight excluding hydrogens is 204 g/mol. The number of nitrogens with zero attached hydrogens (tertiary/aromatic N) is 1. The number of carbonyl (C=O) groups is 1. The van der Waals surface area contributed by atoms with Crippen LogP contribution in [0, 0.1) is 5.53 Å². The van der Waals surface area contributed by atoms with E-state index in [9.17, 15) is 4.79 Å². The Morgan fingerprint density at radius 1 is 1.31 bits per heavy atom. The van der Waals surface area contributed by atoms with Crippen molar-refractivity contribution in [3.05, 3.63) is 29.8 Å². The van der Waals surface area contributed by atoms with E-state index < -0.39 is 5.60 Å². The number of esters is 1. The Kier molecular flexibility index (Phi) is 3.77. The summed E-state index contributed by atoms with van der Waals surface area (Å²) in [5.74, 6) is -0.247. The lowest BCUT2D eigenvalue weighted by Gasteiger charge is -2.19. The molecule has 1 rings (SSSR count). The average Bonchev–Trinajstić information content (AvgIpc) is 2.16. The third-order valence-corrected chi connectivity index (χ3v) is 1.83. The maximum Gasteiger partial charge on any atom is 0.310 e. The molecule has 0 aliphatic rings. The van der Waals surface area contributed by atoms with Crippen LogP contribution in [0.25, 0.3) is 0 Å². The van der Waals surface area contributed by atoms with E-state index >= 15 is 0 Å². The predicted octanol–water partition coefficient (Wildman–Crippen LogP) is 3.23. The van der Waals surface area contributed by atoms with E-state index in [0.29, 0.717) is 5.69 Å². The molecule has 0 aliphatic carbocycles. The molecule has 1 N–H and O–H groups in total. The highest BCUT2D eigenvalue weighted by molar-refractivity contribution is 5.73. The number of carbonyl (C=O) groups excluding carboxylic acids is 1. The zero-order chi connectivity index (χ0) is 12.2. The third-order valence-electron chi connectivity index (χ3n) is 1.83. The van der Waals surface area contributed by atoms with Gasteiger partial charge in [-0.05, 0) is 38.5 Å². The van der Waals surface area contributed by atoms with Crippen molar-refractivity contribution in [2.75, 3.05) is 0 Å². The van der Waals surface area contributed by atoms with Crippen LogP contribution in [0.15, 0.2) is 29.4 Å². The van der Waals surface area contributed by atoms with Crippen molar-refractivity contribution < 1.29 is 9.53 Å². The maximum atomic E-state index is 11.5. The van der Waals surface area contributed by atoms with Crippen LogP contribution >= 0.6 is 0 Å². The first-order chi connectivity index (χ1) is 7.40. The molecule has 16 heavy (non-hydrogen) atoms. The smallest absolute Gasteiger partial charge is 0.310 e. The Morgan fingerprint density at radius 2 is 1.88 bits per heavy atom. The molecule has 0 saturated carbocycles. The van der Waals surface area contributed by atoms with E-state index in [-0.39, 0.29) is 12.4 Å². The lowest BCUT2D eigenvalue weighted by Crippen LogP contribution is -2.24. The van der Waals surface area contributed by atoms with Gasteiger partial charge in [0.2, 0.25) is 0 Å².